The minimum atomic E-state index is -0.817. The summed E-state index contributed by atoms with van der Waals surface area (Å²) in [6.07, 6.45) is 2.79. The maximum atomic E-state index is 13.9. The quantitative estimate of drug-likeness (QED) is 0.410. The predicted molar refractivity (Wildman–Crippen MR) is 136 cm³/mol. The number of aryl methyl sites for hydroxylation is 1. The van der Waals surface area contributed by atoms with Gasteiger partial charge in [-0.25, -0.2) is 4.79 Å². The summed E-state index contributed by atoms with van der Waals surface area (Å²) in [5, 5.41) is 5.76. The van der Waals surface area contributed by atoms with E-state index in [0.717, 1.165) is 36.8 Å². The van der Waals surface area contributed by atoms with Crippen molar-refractivity contribution in [2.45, 2.75) is 98.8 Å². The largest absolute Gasteiger partial charge is 0.444 e. The standard InChI is InChI=1S/C27H45N3O4/c1-9-11-16-28-24(31)23(21-15-13-14-20(5)18-21)30(17-12-10-2)25(32)22(19(3)4)29-26(33)34-27(6,7)8/h13-15,18-19,22-23H,9-12,16-17H2,1-8H3,(H,28,31)(H,29,33). The van der Waals surface area contributed by atoms with E-state index in [1.807, 2.05) is 52.0 Å². The van der Waals surface area contributed by atoms with Crippen molar-refractivity contribution in [3.8, 4) is 0 Å². The van der Waals surface area contributed by atoms with E-state index >= 15 is 0 Å². The molecule has 192 valence electrons. The van der Waals surface area contributed by atoms with E-state index in [1.54, 1.807) is 25.7 Å². The van der Waals surface area contributed by atoms with Gasteiger partial charge in [0, 0.05) is 13.1 Å². The number of rotatable bonds is 12. The van der Waals surface area contributed by atoms with Crippen LogP contribution in [-0.2, 0) is 14.3 Å². The first-order valence-electron chi connectivity index (χ1n) is 12.6. The van der Waals surface area contributed by atoms with E-state index in [-0.39, 0.29) is 17.7 Å². The molecule has 0 aliphatic rings. The summed E-state index contributed by atoms with van der Waals surface area (Å²) in [6, 6.07) is 6.10. The van der Waals surface area contributed by atoms with Gasteiger partial charge in [0.2, 0.25) is 11.8 Å². The van der Waals surface area contributed by atoms with Crippen LogP contribution >= 0.6 is 0 Å². The Labute approximate surface area is 206 Å². The first kappa shape index (κ1) is 29.5. The van der Waals surface area contributed by atoms with Crippen molar-refractivity contribution in [1.29, 1.82) is 0 Å². The van der Waals surface area contributed by atoms with Crippen molar-refractivity contribution in [2.24, 2.45) is 5.92 Å². The summed E-state index contributed by atoms with van der Waals surface area (Å²) in [5.41, 5.74) is 1.09. The number of nitrogens with zero attached hydrogens (tertiary/aromatic N) is 1. The molecule has 1 rings (SSSR count). The summed E-state index contributed by atoms with van der Waals surface area (Å²) in [6.45, 7) is 16.1. The molecule has 2 N–H and O–H groups in total. The van der Waals surface area contributed by atoms with Gasteiger partial charge in [-0.3, -0.25) is 9.59 Å². The smallest absolute Gasteiger partial charge is 0.408 e. The summed E-state index contributed by atoms with van der Waals surface area (Å²) < 4.78 is 5.40. The fraction of sp³-hybridized carbons (Fsp3) is 0.667. The third kappa shape index (κ3) is 9.74. The van der Waals surface area contributed by atoms with Crippen LogP contribution in [0, 0.1) is 12.8 Å². The van der Waals surface area contributed by atoms with Crippen molar-refractivity contribution in [2.75, 3.05) is 13.1 Å². The fourth-order valence-corrected chi connectivity index (χ4v) is 3.62. The number of ether oxygens (including phenoxy) is 1. The van der Waals surface area contributed by atoms with Crippen LogP contribution in [0.4, 0.5) is 4.79 Å². The average Bonchev–Trinajstić information content (AvgIpc) is 2.73. The molecule has 1 aromatic rings. The van der Waals surface area contributed by atoms with Gasteiger partial charge in [0.15, 0.2) is 0 Å². The van der Waals surface area contributed by atoms with E-state index in [9.17, 15) is 14.4 Å². The SMILES string of the molecule is CCCCNC(=O)C(c1cccc(C)c1)N(CCCC)C(=O)C(NC(=O)OC(C)(C)C)C(C)C. The Kier molecular flexibility index (Phi) is 12.1. The molecule has 2 unspecified atom stereocenters. The molecular formula is C27H45N3O4. The highest BCUT2D eigenvalue weighted by Crippen LogP contribution is 2.25. The highest BCUT2D eigenvalue weighted by molar-refractivity contribution is 5.92. The molecule has 0 aliphatic heterocycles. The highest BCUT2D eigenvalue weighted by atomic mass is 16.6. The zero-order chi connectivity index (χ0) is 25.9. The normalized spacial score (nSPS) is 13.2. The molecule has 7 nitrogen and oxygen atoms in total. The molecule has 0 bridgehead atoms. The minimum Gasteiger partial charge on any atom is -0.444 e. The van der Waals surface area contributed by atoms with E-state index in [2.05, 4.69) is 17.6 Å². The van der Waals surface area contributed by atoms with Crippen molar-refractivity contribution >= 4 is 17.9 Å². The van der Waals surface area contributed by atoms with Gasteiger partial charge in [0.05, 0.1) is 0 Å². The van der Waals surface area contributed by atoms with Gasteiger partial charge in [0.1, 0.15) is 17.7 Å². The number of hydrogen-bond acceptors (Lipinski definition) is 4. The second-order valence-electron chi connectivity index (χ2n) is 10.2. The summed E-state index contributed by atoms with van der Waals surface area (Å²) in [5.74, 6) is -0.680. The first-order valence-corrected chi connectivity index (χ1v) is 12.6. The minimum absolute atomic E-state index is 0.189. The number of unbranched alkanes of at least 4 members (excludes halogenated alkanes) is 2. The van der Waals surface area contributed by atoms with Gasteiger partial charge in [0.25, 0.3) is 0 Å². The lowest BCUT2D eigenvalue weighted by molar-refractivity contribution is -0.143. The van der Waals surface area contributed by atoms with E-state index < -0.39 is 23.8 Å². The fourth-order valence-electron chi connectivity index (χ4n) is 3.62. The van der Waals surface area contributed by atoms with Crippen molar-refractivity contribution in [3.05, 3.63) is 35.4 Å². The van der Waals surface area contributed by atoms with E-state index in [4.69, 9.17) is 4.74 Å². The Morgan fingerprint density at radius 1 is 1.06 bits per heavy atom. The Hall–Kier alpha value is -2.57. The molecule has 1 aromatic carbocycles. The summed E-state index contributed by atoms with van der Waals surface area (Å²) in [7, 11) is 0. The number of carbonyl (C=O) groups excluding carboxylic acids is 3. The zero-order valence-corrected chi connectivity index (χ0v) is 22.4. The summed E-state index contributed by atoms with van der Waals surface area (Å²) >= 11 is 0. The Balaban J connectivity index is 3.38. The maximum absolute atomic E-state index is 13.9. The van der Waals surface area contributed by atoms with Gasteiger partial charge >= 0.3 is 6.09 Å². The molecule has 0 aliphatic carbocycles. The number of carbonyl (C=O) groups is 3. The van der Waals surface area contributed by atoms with Crippen molar-refractivity contribution in [1.82, 2.24) is 15.5 Å². The molecule has 34 heavy (non-hydrogen) atoms. The van der Waals surface area contributed by atoms with Crippen LogP contribution in [-0.4, -0.2) is 47.5 Å². The van der Waals surface area contributed by atoms with Gasteiger partial charge in [-0.15, -0.1) is 0 Å². The Bertz CT molecular complexity index is 801. The number of benzene rings is 1. The van der Waals surface area contributed by atoms with E-state index in [0.29, 0.717) is 13.1 Å². The number of amides is 3. The highest BCUT2D eigenvalue weighted by Gasteiger charge is 2.37. The molecule has 0 saturated heterocycles. The third-order valence-corrected chi connectivity index (χ3v) is 5.39. The van der Waals surface area contributed by atoms with Crippen LogP contribution in [0.5, 0.6) is 0 Å². The predicted octanol–water partition coefficient (Wildman–Crippen LogP) is 5.13. The van der Waals surface area contributed by atoms with Gasteiger partial charge in [-0.05, 0) is 52.0 Å². The van der Waals surface area contributed by atoms with Gasteiger partial charge in [-0.2, -0.15) is 0 Å². The molecule has 0 aromatic heterocycles. The topological polar surface area (TPSA) is 87.7 Å². The molecule has 7 heteroatoms. The van der Waals surface area contributed by atoms with Crippen molar-refractivity contribution in [3.63, 3.8) is 0 Å². The second-order valence-corrected chi connectivity index (χ2v) is 10.2. The average molecular weight is 476 g/mol. The van der Waals surface area contributed by atoms with Crippen LogP contribution in [0.2, 0.25) is 0 Å². The number of nitrogens with one attached hydrogen (secondary N) is 2. The first-order chi connectivity index (χ1) is 15.9. The molecule has 2 atom stereocenters. The van der Waals surface area contributed by atoms with Crippen LogP contribution in [0.3, 0.4) is 0 Å². The third-order valence-electron chi connectivity index (χ3n) is 5.39. The van der Waals surface area contributed by atoms with Crippen LogP contribution in [0.1, 0.15) is 91.3 Å². The zero-order valence-electron chi connectivity index (χ0n) is 22.4. The van der Waals surface area contributed by atoms with Gasteiger partial charge < -0.3 is 20.3 Å². The maximum Gasteiger partial charge on any atom is 0.408 e. The molecular weight excluding hydrogens is 430 g/mol. The Morgan fingerprint density at radius 2 is 1.71 bits per heavy atom. The van der Waals surface area contributed by atoms with E-state index in [1.165, 1.54) is 0 Å². The Morgan fingerprint density at radius 3 is 2.24 bits per heavy atom. The molecule has 0 heterocycles. The molecule has 0 fully saturated rings. The lowest BCUT2D eigenvalue weighted by atomic mass is 9.97. The van der Waals surface area contributed by atoms with Crippen LogP contribution in [0.25, 0.3) is 0 Å². The molecule has 0 radical (unpaired) electrons. The number of alkyl carbamates (subject to hydrolysis) is 1. The number of hydrogen-bond donors (Lipinski definition) is 2. The van der Waals surface area contributed by atoms with Crippen LogP contribution < -0.4 is 10.6 Å². The van der Waals surface area contributed by atoms with Crippen molar-refractivity contribution < 1.29 is 19.1 Å². The summed E-state index contributed by atoms with van der Waals surface area (Å²) in [4.78, 5) is 41.5. The lowest BCUT2D eigenvalue weighted by Crippen LogP contribution is -2.55. The molecule has 3 amide bonds. The second kappa shape index (κ2) is 14.0. The van der Waals surface area contributed by atoms with Gasteiger partial charge in [-0.1, -0.05) is 70.4 Å². The molecule has 0 spiro atoms. The van der Waals surface area contributed by atoms with Crippen LogP contribution in [0.15, 0.2) is 24.3 Å². The lowest BCUT2D eigenvalue weighted by Gasteiger charge is -2.35. The monoisotopic (exact) mass is 475 g/mol. The molecule has 0 saturated carbocycles.